The van der Waals surface area contributed by atoms with E-state index in [0.717, 1.165) is 17.9 Å². The Labute approximate surface area is 96.7 Å². The molecule has 0 saturated heterocycles. The summed E-state index contributed by atoms with van der Waals surface area (Å²) in [5.41, 5.74) is 7.45. The number of aryl methyl sites for hydroxylation is 1. The number of hydrogen-bond donors (Lipinski definition) is 1. The minimum atomic E-state index is -0.000362. The van der Waals surface area contributed by atoms with Crippen LogP contribution in [0.4, 0.5) is 11.5 Å². The smallest absolute Gasteiger partial charge is 0.128 e. The molecule has 1 aromatic heterocycles. The molecule has 1 aromatic rings. The molecule has 4 heteroatoms. The van der Waals surface area contributed by atoms with Crippen LogP contribution in [0.3, 0.4) is 0 Å². The molecule has 0 spiro atoms. The topological polar surface area (TPSA) is 65.9 Å². The Morgan fingerprint density at radius 2 is 2.31 bits per heavy atom. The molecule has 0 aliphatic rings. The maximum absolute atomic E-state index is 8.81. The van der Waals surface area contributed by atoms with Crippen molar-refractivity contribution in [3.8, 4) is 6.07 Å². The lowest BCUT2D eigenvalue weighted by molar-refractivity contribution is 0.679. The highest BCUT2D eigenvalue weighted by Crippen LogP contribution is 2.17. The van der Waals surface area contributed by atoms with E-state index in [0.29, 0.717) is 12.2 Å². The quantitative estimate of drug-likeness (QED) is 0.839. The first-order valence-corrected chi connectivity index (χ1v) is 5.45. The minimum Gasteiger partial charge on any atom is -0.397 e. The van der Waals surface area contributed by atoms with Crippen LogP contribution < -0.4 is 10.6 Å². The predicted octanol–water partition coefficient (Wildman–Crippen LogP) is 1.96. The number of nitrogens with zero attached hydrogens (tertiary/aromatic N) is 3. The van der Waals surface area contributed by atoms with Crippen molar-refractivity contribution in [2.45, 2.75) is 20.8 Å². The van der Waals surface area contributed by atoms with Crippen molar-refractivity contribution in [1.82, 2.24) is 4.98 Å². The molecular formula is C12H18N4. The summed E-state index contributed by atoms with van der Waals surface area (Å²) in [6.07, 6.45) is 1.67. The van der Waals surface area contributed by atoms with Crippen molar-refractivity contribution in [2.75, 3.05) is 23.7 Å². The molecule has 0 aliphatic carbocycles. The summed E-state index contributed by atoms with van der Waals surface area (Å²) in [7, 11) is 0. The van der Waals surface area contributed by atoms with E-state index in [1.807, 2.05) is 19.9 Å². The average Bonchev–Trinajstić information content (AvgIpc) is 2.29. The largest absolute Gasteiger partial charge is 0.397 e. The fourth-order valence-corrected chi connectivity index (χ4v) is 1.48. The van der Waals surface area contributed by atoms with Gasteiger partial charge in [-0.15, -0.1) is 0 Å². The summed E-state index contributed by atoms with van der Waals surface area (Å²) >= 11 is 0. The molecule has 86 valence electrons. The highest BCUT2D eigenvalue weighted by atomic mass is 15.2. The second-order valence-electron chi connectivity index (χ2n) is 3.97. The number of rotatable bonds is 4. The lowest BCUT2D eigenvalue weighted by atomic mass is 10.2. The number of nitrogens with two attached hydrogens (primary N) is 1. The number of nitriles is 1. The standard InChI is InChI=1S/C12H18N4/c1-4-16(8-9(2)6-13)12-5-10(3)11(14)7-15-12/h5,7,9H,4,8,14H2,1-3H3. The number of hydrogen-bond acceptors (Lipinski definition) is 4. The maximum Gasteiger partial charge on any atom is 0.128 e. The van der Waals surface area contributed by atoms with E-state index in [2.05, 4.69) is 22.9 Å². The van der Waals surface area contributed by atoms with Gasteiger partial charge in [0.25, 0.3) is 0 Å². The lowest BCUT2D eigenvalue weighted by Crippen LogP contribution is -2.28. The van der Waals surface area contributed by atoms with Crippen LogP contribution in [0.15, 0.2) is 12.3 Å². The van der Waals surface area contributed by atoms with E-state index in [-0.39, 0.29) is 5.92 Å². The predicted molar refractivity (Wildman–Crippen MR) is 66.1 cm³/mol. The van der Waals surface area contributed by atoms with E-state index in [9.17, 15) is 0 Å². The van der Waals surface area contributed by atoms with Crippen molar-refractivity contribution < 1.29 is 0 Å². The van der Waals surface area contributed by atoms with Gasteiger partial charge in [-0.1, -0.05) is 0 Å². The highest BCUT2D eigenvalue weighted by Gasteiger charge is 2.10. The molecule has 1 rings (SSSR count). The summed E-state index contributed by atoms with van der Waals surface area (Å²) in [6.45, 7) is 7.46. The first kappa shape index (κ1) is 12.3. The summed E-state index contributed by atoms with van der Waals surface area (Å²) < 4.78 is 0. The van der Waals surface area contributed by atoms with Crippen LogP contribution in [0.25, 0.3) is 0 Å². The van der Waals surface area contributed by atoms with E-state index in [4.69, 9.17) is 11.0 Å². The third kappa shape index (κ3) is 2.86. The van der Waals surface area contributed by atoms with E-state index >= 15 is 0 Å². The summed E-state index contributed by atoms with van der Waals surface area (Å²) in [5.74, 6) is 0.885. The van der Waals surface area contributed by atoms with Crippen molar-refractivity contribution in [1.29, 1.82) is 5.26 Å². The molecule has 4 nitrogen and oxygen atoms in total. The van der Waals surface area contributed by atoms with E-state index < -0.39 is 0 Å². The van der Waals surface area contributed by atoms with E-state index in [1.54, 1.807) is 6.20 Å². The highest BCUT2D eigenvalue weighted by molar-refractivity contribution is 5.52. The monoisotopic (exact) mass is 218 g/mol. The van der Waals surface area contributed by atoms with Crippen molar-refractivity contribution in [2.24, 2.45) is 5.92 Å². The van der Waals surface area contributed by atoms with E-state index in [1.165, 1.54) is 0 Å². The fraction of sp³-hybridized carbons (Fsp3) is 0.500. The number of anilines is 2. The van der Waals surface area contributed by atoms with Crippen LogP contribution >= 0.6 is 0 Å². The Balaban J connectivity index is 2.87. The second kappa shape index (κ2) is 5.36. The Morgan fingerprint density at radius 1 is 1.62 bits per heavy atom. The minimum absolute atomic E-state index is 0.000362. The Morgan fingerprint density at radius 3 is 2.81 bits per heavy atom. The molecule has 0 radical (unpaired) electrons. The normalized spacial score (nSPS) is 11.9. The SMILES string of the molecule is CCN(CC(C)C#N)c1cc(C)c(N)cn1. The molecule has 2 N–H and O–H groups in total. The van der Waals surface area contributed by atoms with Crippen LogP contribution in [0.2, 0.25) is 0 Å². The van der Waals surface area contributed by atoms with Gasteiger partial charge in [0.2, 0.25) is 0 Å². The van der Waals surface area contributed by atoms with Crippen LogP contribution in [0, 0.1) is 24.2 Å². The van der Waals surface area contributed by atoms with Crippen LogP contribution in [-0.4, -0.2) is 18.1 Å². The molecule has 1 heterocycles. The summed E-state index contributed by atoms with van der Waals surface area (Å²) in [5, 5.41) is 8.81. The first-order chi connectivity index (χ1) is 7.58. The Kier molecular flexibility index (Phi) is 4.12. The van der Waals surface area contributed by atoms with Gasteiger partial charge in [-0.3, -0.25) is 0 Å². The molecule has 0 bridgehead atoms. The van der Waals surface area contributed by atoms with Gasteiger partial charge in [0.1, 0.15) is 5.82 Å². The molecule has 0 amide bonds. The van der Waals surface area contributed by atoms with Gasteiger partial charge in [0.15, 0.2) is 0 Å². The molecular weight excluding hydrogens is 200 g/mol. The molecule has 0 fully saturated rings. The molecule has 1 unspecified atom stereocenters. The third-order valence-corrected chi connectivity index (χ3v) is 2.56. The van der Waals surface area contributed by atoms with Gasteiger partial charge in [-0.2, -0.15) is 5.26 Å². The van der Waals surface area contributed by atoms with Crippen molar-refractivity contribution >= 4 is 11.5 Å². The molecule has 1 atom stereocenters. The second-order valence-corrected chi connectivity index (χ2v) is 3.97. The lowest BCUT2D eigenvalue weighted by Gasteiger charge is -2.23. The van der Waals surface area contributed by atoms with Crippen molar-refractivity contribution in [3.05, 3.63) is 17.8 Å². The molecule has 0 aliphatic heterocycles. The summed E-state index contributed by atoms with van der Waals surface area (Å²) in [4.78, 5) is 6.37. The van der Waals surface area contributed by atoms with Gasteiger partial charge in [-0.05, 0) is 32.4 Å². The average molecular weight is 218 g/mol. The van der Waals surface area contributed by atoms with Crippen LogP contribution in [0.5, 0.6) is 0 Å². The number of nitrogen functional groups attached to an aromatic ring is 1. The fourth-order valence-electron chi connectivity index (χ4n) is 1.48. The van der Waals surface area contributed by atoms with Gasteiger partial charge in [-0.25, -0.2) is 4.98 Å². The maximum atomic E-state index is 8.81. The number of aromatic nitrogens is 1. The molecule has 16 heavy (non-hydrogen) atoms. The Bertz CT molecular complexity index is 394. The molecule has 0 saturated carbocycles. The van der Waals surface area contributed by atoms with Crippen LogP contribution in [0.1, 0.15) is 19.4 Å². The number of pyridine rings is 1. The van der Waals surface area contributed by atoms with Gasteiger partial charge < -0.3 is 10.6 Å². The summed E-state index contributed by atoms with van der Waals surface area (Å²) in [6, 6.07) is 4.19. The zero-order chi connectivity index (χ0) is 12.1. The van der Waals surface area contributed by atoms with Gasteiger partial charge in [0.05, 0.1) is 23.9 Å². The Hall–Kier alpha value is -1.76. The zero-order valence-electron chi connectivity index (χ0n) is 10.1. The third-order valence-electron chi connectivity index (χ3n) is 2.56. The zero-order valence-corrected chi connectivity index (χ0v) is 10.1. The first-order valence-electron chi connectivity index (χ1n) is 5.45. The van der Waals surface area contributed by atoms with Crippen molar-refractivity contribution in [3.63, 3.8) is 0 Å². The van der Waals surface area contributed by atoms with Crippen LogP contribution in [-0.2, 0) is 0 Å². The van der Waals surface area contributed by atoms with Gasteiger partial charge >= 0.3 is 0 Å². The molecule has 0 aromatic carbocycles. The van der Waals surface area contributed by atoms with Gasteiger partial charge in [0, 0.05) is 13.1 Å².